The van der Waals surface area contributed by atoms with Crippen molar-refractivity contribution < 1.29 is 17.0 Å². The van der Waals surface area contributed by atoms with Gasteiger partial charge < -0.3 is 17.3 Å². The first kappa shape index (κ1) is 31.0. The molecule has 3 aromatic rings. The van der Waals surface area contributed by atoms with Gasteiger partial charge in [-0.25, -0.2) is 0 Å². The summed E-state index contributed by atoms with van der Waals surface area (Å²) in [5, 5.41) is 10.2. The van der Waals surface area contributed by atoms with Crippen LogP contribution in [-0.4, -0.2) is 39.0 Å². The Bertz CT molecular complexity index is 1280. The second kappa shape index (κ2) is 13.4. The number of benzene rings is 3. The Morgan fingerprint density at radius 2 is 1.51 bits per heavy atom. The standard InChI is InChI=1S/C32H39N2Si.CH3.2ClH.Ti/c1-22(2)29-21-30-27(14-9-15-28(30)32(29)35(3,4)34-18-16-33-17-19-34)31-25-12-7-5-10-23(25)20-24-11-6-8-13-26(24)31;;;;/h5-15,20,22,28-30,32H,16-19,21H2,1-4H3;1H3;2*1H;/q2*-1;;;+2/p-2. The molecule has 1 saturated heterocycles. The van der Waals surface area contributed by atoms with Crippen LogP contribution in [0.2, 0.25) is 18.6 Å². The summed E-state index contributed by atoms with van der Waals surface area (Å²) in [5.74, 6) is 2.73. The molecule has 1 saturated carbocycles. The Hall–Kier alpha value is -0.909. The van der Waals surface area contributed by atoms with Gasteiger partial charge in [0.15, 0.2) is 0 Å². The average molecular weight is 614 g/mol. The van der Waals surface area contributed by atoms with Crippen LogP contribution in [0, 0.1) is 31.1 Å². The molecule has 1 aliphatic heterocycles. The number of hydrogen-bond acceptors (Lipinski definition) is 1. The van der Waals surface area contributed by atoms with E-state index in [2.05, 4.69) is 110 Å². The second-order valence-electron chi connectivity index (χ2n) is 11.9. The van der Waals surface area contributed by atoms with Gasteiger partial charge in [-0.15, -0.1) is 13.1 Å². The van der Waals surface area contributed by atoms with Crippen molar-refractivity contribution in [2.45, 2.75) is 38.9 Å². The quantitative estimate of drug-likeness (QED) is 0.163. The van der Waals surface area contributed by atoms with E-state index in [-0.39, 0.29) is 7.43 Å². The van der Waals surface area contributed by atoms with E-state index in [9.17, 15) is 0 Å². The van der Waals surface area contributed by atoms with Crippen LogP contribution < -0.4 is 0 Å². The summed E-state index contributed by atoms with van der Waals surface area (Å²) >= 11 is -0.556. The maximum absolute atomic E-state index is 4.89. The van der Waals surface area contributed by atoms with E-state index in [1.165, 1.54) is 33.5 Å². The van der Waals surface area contributed by atoms with Crippen molar-refractivity contribution in [3.8, 4) is 0 Å². The summed E-state index contributed by atoms with van der Waals surface area (Å²) in [6.07, 6.45) is 8.77. The molecular formula is C33H42Cl2N2SiTi-2. The van der Waals surface area contributed by atoms with Crippen LogP contribution in [0.4, 0.5) is 0 Å². The third-order valence-corrected chi connectivity index (χ3v) is 14.0. The topological polar surface area (TPSA) is 17.3 Å². The Morgan fingerprint density at radius 1 is 0.949 bits per heavy atom. The van der Waals surface area contributed by atoms with Gasteiger partial charge in [0.1, 0.15) is 8.24 Å². The van der Waals surface area contributed by atoms with Gasteiger partial charge in [0.25, 0.3) is 0 Å². The monoisotopic (exact) mass is 612 g/mol. The minimum atomic E-state index is -1.65. The molecule has 1 heterocycles. The number of allylic oxidation sites excluding steroid dienone is 4. The van der Waals surface area contributed by atoms with Crippen molar-refractivity contribution in [2.24, 2.45) is 23.7 Å². The number of rotatable bonds is 4. The van der Waals surface area contributed by atoms with Gasteiger partial charge in [-0.2, -0.15) is 0 Å². The van der Waals surface area contributed by atoms with Gasteiger partial charge in [0.2, 0.25) is 0 Å². The summed E-state index contributed by atoms with van der Waals surface area (Å²) in [5.41, 5.74) is 3.85. The molecule has 0 spiro atoms. The second-order valence-corrected chi connectivity index (χ2v) is 19.1. The first-order chi connectivity index (χ1) is 18.4. The summed E-state index contributed by atoms with van der Waals surface area (Å²) in [4.78, 5) is 0. The van der Waals surface area contributed by atoms with Crippen LogP contribution in [0.15, 0.2) is 72.8 Å². The Kier molecular flexibility index (Phi) is 10.6. The van der Waals surface area contributed by atoms with Crippen LogP contribution in [0.1, 0.15) is 25.8 Å². The van der Waals surface area contributed by atoms with Crippen molar-refractivity contribution in [3.63, 3.8) is 0 Å². The SMILES string of the molecule is CC(C)C1CC2C(c3c4ccccc4cc4ccccc34)=CC=CC2C1[Si](C)(C)N1CC[N-]CC1.[CH3-].[Cl][Ti][Cl]. The fraction of sp³-hybridized carbons (Fsp3) is 0.424. The van der Waals surface area contributed by atoms with Crippen molar-refractivity contribution >= 4 is 54.0 Å². The van der Waals surface area contributed by atoms with Crippen LogP contribution in [0.25, 0.3) is 32.4 Å². The van der Waals surface area contributed by atoms with Gasteiger partial charge in [-0.3, -0.25) is 0 Å². The molecule has 4 unspecified atom stereocenters. The summed E-state index contributed by atoms with van der Waals surface area (Å²) in [7, 11) is 8.13. The molecule has 0 bridgehead atoms. The van der Waals surface area contributed by atoms with Crippen molar-refractivity contribution in [1.29, 1.82) is 0 Å². The van der Waals surface area contributed by atoms with Crippen LogP contribution in [0.3, 0.4) is 0 Å². The fourth-order valence-corrected chi connectivity index (χ4v) is 12.4. The first-order valence-electron chi connectivity index (χ1n) is 14.0. The average Bonchev–Trinajstić information content (AvgIpc) is 3.34. The van der Waals surface area contributed by atoms with E-state index in [4.69, 9.17) is 18.6 Å². The molecule has 3 aliphatic rings. The van der Waals surface area contributed by atoms with E-state index in [1.807, 2.05) is 0 Å². The molecular weight excluding hydrogens is 571 g/mol. The summed E-state index contributed by atoms with van der Waals surface area (Å²) < 4.78 is 2.89. The zero-order chi connectivity index (χ0) is 26.9. The molecule has 0 N–H and O–H groups in total. The summed E-state index contributed by atoms with van der Waals surface area (Å²) in [6.45, 7) is 14.7. The fourth-order valence-electron chi connectivity index (χ4n) is 7.80. The van der Waals surface area contributed by atoms with E-state index in [0.717, 1.165) is 37.6 Å². The minimum absolute atomic E-state index is 0. The number of piperazine rings is 1. The first-order valence-corrected chi connectivity index (χ1v) is 21.3. The Balaban J connectivity index is 0.000000845. The van der Waals surface area contributed by atoms with Crippen LogP contribution >= 0.6 is 18.6 Å². The van der Waals surface area contributed by atoms with E-state index in [1.54, 1.807) is 5.57 Å². The molecule has 6 heteroatoms. The van der Waals surface area contributed by atoms with Gasteiger partial charge in [0.05, 0.1) is 0 Å². The Labute approximate surface area is 254 Å². The molecule has 0 aromatic heterocycles. The maximum atomic E-state index is 4.89. The number of hydrogen-bond donors (Lipinski definition) is 0. The third-order valence-electron chi connectivity index (χ3n) is 9.48. The molecule has 208 valence electrons. The zero-order valence-corrected chi connectivity index (χ0v) is 28.1. The molecule has 3 aromatic carbocycles. The molecule has 2 fully saturated rings. The molecule has 4 atom stereocenters. The number of fused-ring (bicyclic) bond motifs is 3. The normalized spacial score (nSPS) is 25.1. The molecule has 0 radical (unpaired) electrons. The molecule has 39 heavy (non-hydrogen) atoms. The molecule has 6 rings (SSSR count). The van der Waals surface area contributed by atoms with Gasteiger partial charge >= 0.3 is 35.6 Å². The Morgan fingerprint density at radius 3 is 2.08 bits per heavy atom. The third kappa shape index (κ3) is 6.02. The molecule has 0 amide bonds. The zero-order valence-electron chi connectivity index (χ0n) is 24.0. The van der Waals surface area contributed by atoms with Crippen molar-refractivity contribution in [3.05, 3.63) is 91.1 Å². The van der Waals surface area contributed by atoms with E-state index >= 15 is 0 Å². The predicted molar refractivity (Wildman–Crippen MR) is 173 cm³/mol. The van der Waals surface area contributed by atoms with E-state index < -0.39 is 25.3 Å². The van der Waals surface area contributed by atoms with Gasteiger partial charge in [-0.1, -0.05) is 93.7 Å². The number of halogens is 2. The molecule has 2 aliphatic carbocycles. The van der Waals surface area contributed by atoms with Crippen LogP contribution in [-0.2, 0) is 17.0 Å². The van der Waals surface area contributed by atoms with Gasteiger partial charge in [-0.05, 0) is 87.5 Å². The van der Waals surface area contributed by atoms with Crippen molar-refractivity contribution in [2.75, 3.05) is 26.2 Å². The van der Waals surface area contributed by atoms with Crippen molar-refractivity contribution in [1.82, 2.24) is 4.57 Å². The van der Waals surface area contributed by atoms with E-state index in [0.29, 0.717) is 17.8 Å². The number of nitrogens with zero attached hydrogens (tertiary/aromatic N) is 2. The summed E-state index contributed by atoms with van der Waals surface area (Å²) in [6, 6.07) is 20.4. The predicted octanol–water partition coefficient (Wildman–Crippen LogP) is 9.95. The van der Waals surface area contributed by atoms with Gasteiger partial charge in [0, 0.05) is 0 Å². The van der Waals surface area contributed by atoms with Crippen LogP contribution in [0.5, 0.6) is 0 Å². The molecule has 2 nitrogen and oxygen atoms in total.